The lowest BCUT2D eigenvalue weighted by Gasteiger charge is -2.08. The van der Waals surface area contributed by atoms with Crippen molar-refractivity contribution in [1.29, 1.82) is 0 Å². The number of esters is 1. The summed E-state index contributed by atoms with van der Waals surface area (Å²) in [7, 11) is 6.08. The summed E-state index contributed by atoms with van der Waals surface area (Å²) in [6, 6.07) is 11.2. The Morgan fingerprint density at radius 2 is 1.63 bits per heavy atom. The Labute approximate surface area is 156 Å². The van der Waals surface area contributed by atoms with Crippen LogP contribution in [0.3, 0.4) is 0 Å². The molecule has 0 saturated heterocycles. The van der Waals surface area contributed by atoms with Gasteiger partial charge in [0.05, 0.1) is 28.4 Å². The molecule has 0 aliphatic carbocycles. The molecule has 140 valence electrons. The molecule has 27 heavy (non-hydrogen) atoms. The number of carbonyl (C=O) groups excluding carboxylic acids is 1. The molecule has 0 fully saturated rings. The van der Waals surface area contributed by atoms with Gasteiger partial charge < -0.3 is 23.4 Å². The van der Waals surface area contributed by atoms with Gasteiger partial charge in [-0.2, -0.15) is 0 Å². The number of hydrogen-bond donors (Lipinski definition) is 0. The first-order valence-electron chi connectivity index (χ1n) is 8.19. The second-order valence-electron chi connectivity index (χ2n) is 5.68. The molecule has 0 spiro atoms. The van der Waals surface area contributed by atoms with E-state index in [0.29, 0.717) is 28.6 Å². The predicted molar refractivity (Wildman–Crippen MR) is 102 cm³/mol. The van der Waals surface area contributed by atoms with E-state index >= 15 is 0 Å². The Hall–Kier alpha value is -3.41. The van der Waals surface area contributed by atoms with Crippen LogP contribution in [0, 0.1) is 0 Å². The summed E-state index contributed by atoms with van der Waals surface area (Å²) in [6.45, 7) is 0. The van der Waals surface area contributed by atoms with Crippen molar-refractivity contribution in [2.45, 2.75) is 0 Å². The normalized spacial score (nSPS) is 11.0. The molecule has 6 nitrogen and oxygen atoms in total. The average Bonchev–Trinajstić information content (AvgIpc) is 3.14. The van der Waals surface area contributed by atoms with E-state index in [1.165, 1.54) is 13.2 Å². The Balaban J connectivity index is 2.06. The predicted octanol–water partition coefficient (Wildman–Crippen LogP) is 4.31. The molecule has 0 aliphatic heterocycles. The zero-order chi connectivity index (χ0) is 19.4. The second-order valence-corrected chi connectivity index (χ2v) is 5.68. The van der Waals surface area contributed by atoms with Gasteiger partial charge >= 0.3 is 5.97 Å². The average molecular weight is 368 g/mol. The monoisotopic (exact) mass is 368 g/mol. The van der Waals surface area contributed by atoms with E-state index in [-0.39, 0.29) is 0 Å². The fourth-order valence-electron chi connectivity index (χ4n) is 2.75. The van der Waals surface area contributed by atoms with E-state index in [9.17, 15) is 4.79 Å². The molecule has 0 N–H and O–H groups in total. The third-order valence-corrected chi connectivity index (χ3v) is 4.11. The molecule has 0 aliphatic rings. The van der Waals surface area contributed by atoms with Gasteiger partial charge in [0.15, 0.2) is 22.8 Å². The van der Waals surface area contributed by atoms with Gasteiger partial charge in [-0.3, -0.25) is 0 Å². The third kappa shape index (κ3) is 3.74. The molecular weight excluding hydrogens is 348 g/mol. The summed E-state index contributed by atoms with van der Waals surface area (Å²) >= 11 is 0. The molecule has 0 amide bonds. The highest BCUT2D eigenvalue weighted by Crippen LogP contribution is 2.38. The van der Waals surface area contributed by atoms with Crippen molar-refractivity contribution < 1.29 is 28.2 Å². The summed E-state index contributed by atoms with van der Waals surface area (Å²) < 4.78 is 26.7. The van der Waals surface area contributed by atoms with Crippen molar-refractivity contribution in [2.75, 3.05) is 28.4 Å². The Kier molecular flexibility index (Phi) is 5.35. The van der Waals surface area contributed by atoms with Gasteiger partial charge in [0.25, 0.3) is 0 Å². The van der Waals surface area contributed by atoms with Crippen LogP contribution < -0.4 is 14.2 Å². The molecular formula is C21H20O6. The molecule has 0 atom stereocenters. The number of ether oxygens (including phenoxy) is 4. The number of fused-ring (bicyclic) bond motifs is 1. The number of hydrogen-bond acceptors (Lipinski definition) is 6. The fourth-order valence-corrected chi connectivity index (χ4v) is 2.75. The maximum absolute atomic E-state index is 11.3. The van der Waals surface area contributed by atoms with Crippen LogP contribution in [-0.2, 0) is 9.53 Å². The lowest BCUT2D eigenvalue weighted by molar-refractivity contribution is -0.134. The Bertz CT molecular complexity index is 999. The van der Waals surface area contributed by atoms with Gasteiger partial charge in [0, 0.05) is 17.0 Å². The topological polar surface area (TPSA) is 67.1 Å². The van der Waals surface area contributed by atoms with Gasteiger partial charge in [-0.05, 0) is 48.0 Å². The largest absolute Gasteiger partial charge is 0.493 e. The molecule has 0 saturated carbocycles. The number of benzene rings is 2. The molecule has 0 radical (unpaired) electrons. The van der Waals surface area contributed by atoms with E-state index in [1.807, 2.05) is 30.3 Å². The molecule has 1 aromatic heterocycles. The minimum Gasteiger partial charge on any atom is -0.493 e. The van der Waals surface area contributed by atoms with Gasteiger partial charge in [-0.15, -0.1) is 0 Å². The maximum atomic E-state index is 11.3. The van der Waals surface area contributed by atoms with Gasteiger partial charge in [-0.1, -0.05) is 0 Å². The van der Waals surface area contributed by atoms with Gasteiger partial charge in [-0.25, -0.2) is 4.79 Å². The zero-order valence-electron chi connectivity index (χ0n) is 15.6. The first-order chi connectivity index (χ1) is 13.1. The number of carbonyl (C=O) groups is 1. The molecule has 2 aromatic carbocycles. The van der Waals surface area contributed by atoms with Crippen LogP contribution in [0.4, 0.5) is 0 Å². The second kappa shape index (κ2) is 7.86. The highest BCUT2D eigenvalue weighted by atomic mass is 16.5. The van der Waals surface area contributed by atoms with Crippen LogP contribution >= 0.6 is 0 Å². The SMILES string of the molecule is COC(=O)C=Cc1cc(OC)c2oc(-c3ccc(OC)c(OC)c3)cc2c1. The molecule has 3 rings (SSSR count). The van der Waals surface area contributed by atoms with E-state index in [0.717, 1.165) is 16.5 Å². The zero-order valence-corrected chi connectivity index (χ0v) is 15.6. The van der Waals surface area contributed by atoms with Crippen LogP contribution in [-0.4, -0.2) is 34.4 Å². The fraction of sp³-hybridized carbons (Fsp3) is 0.190. The van der Waals surface area contributed by atoms with Crippen molar-refractivity contribution in [3.8, 4) is 28.6 Å². The highest BCUT2D eigenvalue weighted by Gasteiger charge is 2.14. The standard InChI is InChI=1S/C21H20O6/c1-23-16-7-6-14(11-18(16)24-2)17-12-15-9-13(5-8-20(22)26-4)10-19(25-3)21(15)27-17/h5-12H,1-4H3. The summed E-state index contributed by atoms with van der Waals surface area (Å²) in [5.41, 5.74) is 2.26. The number of methoxy groups -OCH3 is 4. The van der Waals surface area contributed by atoms with Crippen LogP contribution in [0.2, 0.25) is 0 Å². The lowest BCUT2D eigenvalue weighted by Crippen LogP contribution is -1.93. The quantitative estimate of drug-likeness (QED) is 0.477. The van der Waals surface area contributed by atoms with Crippen LogP contribution in [0.25, 0.3) is 28.4 Å². The van der Waals surface area contributed by atoms with Crippen molar-refractivity contribution in [3.05, 3.63) is 48.0 Å². The van der Waals surface area contributed by atoms with Gasteiger partial charge in [0.2, 0.25) is 0 Å². The minimum absolute atomic E-state index is 0.424. The van der Waals surface area contributed by atoms with Crippen molar-refractivity contribution >= 4 is 23.0 Å². The lowest BCUT2D eigenvalue weighted by atomic mass is 10.1. The van der Waals surface area contributed by atoms with E-state index in [4.69, 9.17) is 18.6 Å². The smallest absolute Gasteiger partial charge is 0.330 e. The van der Waals surface area contributed by atoms with Crippen LogP contribution in [0.1, 0.15) is 5.56 Å². The Morgan fingerprint density at radius 1 is 0.889 bits per heavy atom. The minimum atomic E-state index is -0.424. The van der Waals surface area contributed by atoms with E-state index < -0.39 is 5.97 Å². The molecule has 0 unspecified atom stereocenters. The number of rotatable bonds is 6. The van der Waals surface area contributed by atoms with Crippen molar-refractivity contribution in [2.24, 2.45) is 0 Å². The highest BCUT2D eigenvalue weighted by molar-refractivity contribution is 5.92. The van der Waals surface area contributed by atoms with Crippen molar-refractivity contribution in [3.63, 3.8) is 0 Å². The molecule has 1 heterocycles. The Morgan fingerprint density at radius 3 is 2.30 bits per heavy atom. The summed E-state index contributed by atoms with van der Waals surface area (Å²) in [4.78, 5) is 11.3. The van der Waals surface area contributed by atoms with Crippen molar-refractivity contribution in [1.82, 2.24) is 0 Å². The summed E-state index contributed by atoms with van der Waals surface area (Å²) in [5.74, 6) is 2.07. The number of furan rings is 1. The maximum Gasteiger partial charge on any atom is 0.330 e. The first kappa shape index (κ1) is 18.4. The van der Waals surface area contributed by atoms with Crippen LogP contribution in [0.5, 0.6) is 17.2 Å². The molecule has 6 heteroatoms. The van der Waals surface area contributed by atoms with E-state index in [2.05, 4.69) is 4.74 Å². The first-order valence-corrected chi connectivity index (χ1v) is 8.19. The third-order valence-electron chi connectivity index (χ3n) is 4.11. The summed E-state index contributed by atoms with van der Waals surface area (Å²) in [5, 5.41) is 0.851. The van der Waals surface area contributed by atoms with Gasteiger partial charge in [0.1, 0.15) is 5.76 Å². The summed E-state index contributed by atoms with van der Waals surface area (Å²) in [6.07, 6.45) is 3.02. The van der Waals surface area contributed by atoms with E-state index in [1.54, 1.807) is 33.5 Å². The molecule has 3 aromatic rings. The molecule has 0 bridgehead atoms. The van der Waals surface area contributed by atoms with Crippen LogP contribution in [0.15, 0.2) is 46.9 Å².